The second-order valence-corrected chi connectivity index (χ2v) is 9.06. The Bertz CT molecular complexity index is 1180. The number of anilines is 2. The molecule has 0 spiro atoms. The molecular weight excluding hydrogens is 494 g/mol. The number of ether oxygens (including phenoxy) is 1. The first-order valence-electron chi connectivity index (χ1n) is 11.4. The van der Waals surface area contributed by atoms with Gasteiger partial charge in [-0.05, 0) is 70.2 Å². The highest BCUT2D eigenvalue weighted by Crippen LogP contribution is 2.30. The molecule has 0 aromatic heterocycles. The van der Waals surface area contributed by atoms with E-state index in [1.165, 1.54) is 11.1 Å². The van der Waals surface area contributed by atoms with Gasteiger partial charge in [0.2, 0.25) is 0 Å². The Morgan fingerprint density at radius 1 is 0.971 bits per heavy atom. The Hall–Kier alpha value is -3.16. The molecule has 176 valence electrons. The summed E-state index contributed by atoms with van der Waals surface area (Å²) in [5.41, 5.74) is 5.13. The van der Waals surface area contributed by atoms with Gasteiger partial charge in [-0.2, -0.15) is 0 Å². The number of hydrogen-bond donors (Lipinski definition) is 2. The first-order valence-corrected chi connectivity index (χ1v) is 12.1. The molecule has 2 amide bonds. The molecule has 0 unspecified atom stereocenters. The first kappa shape index (κ1) is 24.0. The van der Waals surface area contributed by atoms with Crippen LogP contribution >= 0.6 is 15.9 Å². The standard InChI is InChI=1S/C27H28BrN3O3/c1-34-16-6-14-29-26(32)23-17-21(30-27(33)22-9-4-5-10-24(22)28)11-12-25(23)31-15-13-19-7-2-3-8-20(19)18-31/h2-5,7-12,17H,6,13-16,18H2,1H3,(H,29,32)(H,30,33). The zero-order valence-electron chi connectivity index (χ0n) is 19.1. The van der Waals surface area contributed by atoms with E-state index in [0.717, 1.165) is 31.6 Å². The Kier molecular flexibility index (Phi) is 7.98. The zero-order valence-corrected chi connectivity index (χ0v) is 20.7. The van der Waals surface area contributed by atoms with Crippen LogP contribution in [0.1, 0.15) is 38.3 Å². The number of carbonyl (C=O) groups excluding carboxylic acids is 2. The molecule has 0 aliphatic carbocycles. The lowest BCUT2D eigenvalue weighted by Gasteiger charge is -2.32. The van der Waals surface area contributed by atoms with Crippen molar-refractivity contribution in [3.05, 3.63) is 93.5 Å². The Morgan fingerprint density at radius 2 is 1.74 bits per heavy atom. The zero-order chi connectivity index (χ0) is 23.9. The third-order valence-corrected chi connectivity index (χ3v) is 6.59. The van der Waals surface area contributed by atoms with Gasteiger partial charge >= 0.3 is 0 Å². The smallest absolute Gasteiger partial charge is 0.256 e. The molecule has 0 fully saturated rings. The average Bonchev–Trinajstić information content (AvgIpc) is 2.86. The third-order valence-electron chi connectivity index (χ3n) is 5.90. The fraction of sp³-hybridized carbons (Fsp3) is 0.259. The molecule has 2 N–H and O–H groups in total. The molecule has 6 nitrogen and oxygen atoms in total. The number of methoxy groups -OCH3 is 1. The molecule has 0 atom stereocenters. The van der Waals surface area contributed by atoms with Crippen LogP contribution in [0.15, 0.2) is 71.2 Å². The van der Waals surface area contributed by atoms with Crippen molar-refractivity contribution in [2.24, 2.45) is 0 Å². The maximum absolute atomic E-state index is 13.2. The second-order valence-electron chi connectivity index (χ2n) is 8.21. The molecule has 3 aromatic rings. The summed E-state index contributed by atoms with van der Waals surface area (Å²) in [4.78, 5) is 28.2. The molecule has 7 heteroatoms. The Morgan fingerprint density at radius 3 is 2.53 bits per heavy atom. The van der Waals surface area contributed by atoms with Crippen LogP contribution < -0.4 is 15.5 Å². The number of carbonyl (C=O) groups is 2. The van der Waals surface area contributed by atoms with Crippen molar-refractivity contribution in [1.29, 1.82) is 0 Å². The lowest BCUT2D eigenvalue weighted by molar-refractivity contribution is 0.0947. The van der Waals surface area contributed by atoms with E-state index in [4.69, 9.17) is 4.74 Å². The minimum absolute atomic E-state index is 0.165. The fourth-order valence-electron chi connectivity index (χ4n) is 4.13. The summed E-state index contributed by atoms with van der Waals surface area (Å²) >= 11 is 3.42. The molecule has 1 aliphatic rings. The maximum Gasteiger partial charge on any atom is 0.256 e. The van der Waals surface area contributed by atoms with Crippen molar-refractivity contribution < 1.29 is 14.3 Å². The normalized spacial score (nSPS) is 12.7. The average molecular weight is 522 g/mol. The van der Waals surface area contributed by atoms with Gasteiger partial charge in [-0.15, -0.1) is 0 Å². The summed E-state index contributed by atoms with van der Waals surface area (Å²) in [6, 6.07) is 21.2. The third kappa shape index (κ3) is 5.66. The number of rotatable bonds is 8. The van der Waals surface area contributed by atoms with Crippen molar-refractivity contribution in [1.82, 2.24) is 5.32 Å². The fourth-order valence-corrected chi connectivity index (χ4v) is 4.60. The van der Waals surface area contributed by atoms with E-state index >= 15 is 0 Å². The predicted molar refractivity (Wildman–Crippen MR) is 139 cm³/mol. The van der Waals surface area contributed by atoms with Crippen LogP contribution in [0, 0.1) is 0 Å². The number of fused-ring (bicyclic) bond motifs is 1. The molecule has 0 bridgehead atoms. The number of nitrogens with zero attached hydrogens (tertiary/aromatic N) is 1. The SMILES string of the molecule is COCCCNC(=O)c1cc(NC(=O)c2ccccc2Br)ccc1N1CCc2ccccc2C1. The highest BCUT2D eigenvalue weighted by molar-refractivity contribution is 9.10. The van der Waals surface area contributed by atoms with Gasteiger partial charge in [0.25, 0.3) is 11.8 Å². The number of hydrogen-bond acceptors (Lipinski definition) is 4. The molecule has 3 aromatic carbocycles. The van der Waals surface area contributed by atoms with Crippen molar-refractivity contribution in [2.75, 3.05) is 37.0 Å². The largest absolute Gasteiger partial charge is 0.385 e. The van der Waals surface area contributed by atoms with Crippen LogP contribution in [0.4, 0.5) is 11.4 Å². The van der Waals surface area contributed by atoms with Gasteiger partial charge in [-0.1, -0.05) is 36.4 Å². The van der Waals surface area contributed by atoms with E-state index in [-0.39, 0.29) is 11.8 Å². The van der Waals surface area contributed by atoms with Gasteiger partial charge in [0.05, 0.1) is 11.1 Å². The van der Waals surface area contributed by atoms with Gasteiger partial charge in [-0.25, -0.2) is 0 Å². The maximum atomic E-state index is 13.2. The number of nitrogens with one attached hydrogen (secondary N) is 2. The molecule has 0 saturated heterocycles. The van der Waals surface area contributed by atoms with Gasteiger partial charge in [0, 0.05) is 49.2 Å². The van der Waals surface area contributed by atoms with Crippen LogP contribution in [0.5, 0.6) is 0 Å². The number of halogens is 1. The molecule has 34 heavy (non-hydrogen) atoms. The topological polar surface area (TPSA) is 70.7 Å². The highest BCUT2D eigenvalue weighted by Gasteiger charge is 2.22. The van der Waals surface area contributed by atoms with Crippen LogP contribution in [0.2, 0.25) is 0 Å². The summed E-state index contributed by atoms with van der Waals surface area (Å²) in [5.74, 6) is -0.402. The predicted octanol–water partition coefficient (Wildman–Crippen LogP) is 5.03. The Balaban J connectivity index is 1.60. The molecule has 1 heterocycles. The minimum Gasteiger partial charge on any atom is -0.385 e. The monoisotopic (exact) mass is 521 g/mol. The molecular formula is C27H28BrN3O3. The molecule has 4 rings (SSSR count). The summed E-state index contributed by atoms with van der Waals surface area (Å²) < 4.78 is 5.80. The van der Waals surface area contributed by atoms with Crippen molar-refractivity contribution in [2.45, 2.75) is 19.4 Å². The molecule has 1 aliphatic heterocycles. The van der Waals surface area contributed by atoms with Crippen LogP contribution in [0.3, 0.4) is 0 Å². The Labute approximate surface area is 208 Å². The number of amides is 2. The van der Waals surface area contributed by atoms with Crippen molar-refractivity contribution in [3.8, 4) is 0 Å². The van der Waals surface area contributed by atoms with Crippen molar-refractivity contribution >= 4 is 39.1 Å². The van der Waals surface area contributed by atoms with Crippen LogP contribution in [0.25, 0.3) is 0 Å². The van der Waals surface area contributed by atoms with Crippen LogP contribution in [-0.2, 0) is 17.7 Å². The molecule has 0 radical (unpaired) electrons. The summed E-state index contributed by atoms with van der Waals surface area (Å²) in [6.07, 6.45) is 1.65. The second kappa shape index (κ2) is 11.3. The van der Waals surface area contributed by atoms with Gasteiger partial charge in [0.15, 0.2) is 0 Å². The van der Waals surface area contributed by atoms with Crippen LogP contribution in [-0.4, -0.2) is 38.6 Å². The highest BCUT2D eigenvalue weighted by atomic mass is 79.9. The number of benzene rings is 3. The van der Waals surface area contributed by atoms with Gasteiger partial charge in [0.1, 0.15) is 0 Å². The van der Waals surface area contributed by atoms with E-state index in [1.54, 1.807) is 19.2 Å². The van der Waals surface area contributed by atoms with Crippen molar-refractivity contribution in [3.63, 3.8) is 0 Å². The van der Waals surface area contributed by atoms with E-state index in [2.05, 4.69) is 49.7 Å². The molecule has 0 saturated carbocycles. The first-order chi connectivity index (χ1) is 16.6. The van der Waals surface area contributed by atoms with E-state index in [1.807, 2.05) is 36.4 Å². The quantitative estimate of drug-likeness (QED) is 0.408. The van der Waals surface area contributed by atoms with E-state index in [9.17, 15) is 9.59 Å². The lowest BCUT2D eigenvalue weighted by Crippen LogP contribution is -2.33. The minimum atomic E-state index is -0.237. The summed E-state index contributed by atoms with van der Waals surface area (Å²) in [6.45, 7) is 2.66. The summed E-state index contributed by atoms with van der Waals surface area (Å²) in [7, 11) is 1.64. The van der Waals surface area contributed by atoms with Gasteiger partial charge < -0.3 is 20.3 Å². The summed E-state index contributed by atoms with van der Waals surface area (Å²) in [5, 5.41) is 5.92. The van der Waals surface area contributed by atoms with Gasteiger partial charge in [-0.3, -0.25) is 9.59 Å². The lowest BCUT2D eigenvalue weighted by atomic mass is 9.98. The van der Waals surface area contributed by atoms with E-state index in [0.29, 0.717) is 34.4 Å². The van der Waals surface area contributed by atoms with E-state index < -0.39 is 0 Å².